The van der Waals surface area contributed by atoms with Crippen LogP contribution in [-0.2, 0) is 6.61 Å². The first kappa shape index (κ1) is 21.8. The van der Waals surface area contributed by atoms with Crippen LogP contribution >= 0.6 is 0 Å². The zero-order valence-electron chi connectivity index (χ0n) is 18.9. The van der Waals surface area contributed by atoms with Crippen LogP contribution in [0, 0.1) is 6.92 Å². The van der Waals surface area contributed by atoms with Gasteiger partial charge in [-0.15, -0.1) is 0 Å². The molecule has 3 aromatic heterocycles. The quantitative estimate of drug-likeness (QED) is 0.474. The molecule has 174 valence electrons. The Morgan fingerprint density at radius 3 is 2.71 bits per heavy atom. The number of likely N-dealkylation sites (tertiary alicyclic amines) is 1. The fourth-order valence-corrected chi connectivity index (χ4v) is 4.20. The summed E-state index contributed by atoms with van der Waals surface area (Å²) < 4.78 is 13.2. The predicted molar refractivity (Wildman–Crippen MR) is 126 cm³/mol. The van der Waals surface area contributed by atoms with Gasteiger partial charge in [0.2, 0.25) is 0 Å². The lowest BCUT2D eigenvalue weighted by atomic mass is 10.0. The number of aryl methyl sites for hydroxylation is 1. The fourth-order valence-electron chi connectivity index (χ4n) is 4.20. The molecule has 2 amide bonds. The number of imidazole rings is 1. The smallest absolute Gasteiger partial charge is 0.289 e. The summed E-state index contributed by atoms with van der Waals surface area (Å²) in [6.07, 6.45) is 6.81. The molecule has 1 aliphatic heterocycles. The lowest BCUT2D eigenvalue weighted by molar-refractivity contribution is 0.0667. The van der Waals surface area contributed by atoms with Crippen LogP contribution < -0.4 is 10.1 Å². The summed E-state index contributed by atoms with van der Waals surface area (Å²) in [5, 5.41) is 3.10. The van der Waals surface area contributed by atoms with E-state index in [1.807, 2.05) is 48.0 Å². The highest BCUT2D eigenvalue weighted by Crippen LogP contribution is 2.21. The maximum Gasteiger partial charge on any atom is 0.289 e. The molecule has 1 N–H and O–H groups in total. The number of rotatable bonds is 6. The summed E-state index contributed by atoms with van der Waals surface area (Å²) in [5.74, 6) is 0.556. The van der Waals surface area contributed by atoms with Gasteiger partial charge in [-0.25, -0.2) is 4.98 Å². The van der Waals surface area contributed by atoms with Crippen LogP contribution in [-0.4, -0.2) is 45.2 Å². The normalized spacial score (nSPS) is 14.3. The molecule has 0 atom stereocenters. The number of carbonyl (C=O) groups excluding carboxylic acids is 2. The number of aromatic nitrogens is 2. The number of para-hydroxylation sites is 1. The Bertz CT molecular complexity index is 1300. The third kappa shape index (κ3) is 4.66. The van der Waals surface area contributed by atoms with E-state index in [-0.39, 0.29) is 24.5 Å². The molecule has 4 heterocycles. The van der Waals surface area contributed by atoms with Crippen molar-refractivity contribution in [3.05, 3.63) is 89.8 Å². The maximum absolute atomic E-state index is 13.0. The first-order valence-corrected chi connectivity index (χ1v) is 11.4. The maximum atomic E-state index is 13.0. The number of hydrogen-bond acceptors (Lipinski definition) is 5. The highest BCUT2D eigenvalue weighted by atomic mass is 16.5. The average molecular weight is 459 g/mol. The van der Waals surface area contributed by atoms with Gasteiger partial charge in [-0.1, -0.05) is 18.2 Å². The highest BCUT2D eigenvalue weighted by molar-refractivity contribution is 5.97. The summed E-state index contributed by atoms with van der Waals surface area (Å²) in [5.41, 5.74) is 3.27. The molecule has 0 radical (unpaired) electrons. The molecule has 0 aliphatic carbocycles. The summed E-state index contributed by atoms with van der Waals surface area (Å²) >= 11 is 0. The molecule has 1 aromatic carbocycles. The second kappa shape index (κ2) is 9.43. The van der Waals surface area contributed by atoms with Crippen molar-refractivity contribution in [2.24, 2.45) is 0 Å². The number of furan rings is 1. The van der Waals surface area contributed by atoms with Gasteiger partial charge in [-0.2, -0.15) is 0 Å². The predicted octanol–water partition coefficient (Wildman–Crippen LogP) is 3.85. The van der Waals surface area contributed by atoms with E-state index in [4.69, 9.17) is 9.15 Å². The van der Waals surface area contributed by atoms with E-state index in [1.54, 1.807) is 29.2 Å². The van der Waals surface area contributed by atoms with Crippen LogP contribution in [0.2, 0.25) is 0 Å². The number of carbonyl (C=O) groups is 2. The molecule has 0 saturated carbocycles. The Balaban J connectivity index is 1.19. The number of fused-ring (bicyclic) bond motifs is 1. The van der Waals surface area contributed by atoms with Crippen LogP contribution in [0.4, 0.5) is 0 Å². The minimum Gasteiger partial charge on any atom is -0.486 e. The van der Waals surface area contributed by atoms with Crippen molar-refractivity contribution in [1.82, 2.24) is 19.6 Å². The number of pyridine rings is 1. The zero-order chi connectivity index (χ0) is 23.5. The molecule has 34 heavy (non-hydrogen) atoms. The van der Waals surface area contributed by atoms with Crippen molar-refractivity contribution < 1.29 is 18.7 Å². The van der Waals surface area contributed by atoms with E-state index >= 15 is 0 Å². The van der Waals surface area contributed by atoms with Crippen LogP contribution in [0.25, 0.3) is 5.65 Å². The van der Waals surface area contributed by atoms with Crippen molar-refractivity contribution in [3.63, 3.8) is 0 Å². The SMILES string of the molecule is Cc1ccc2nc(COc3ccccc3C(=O)NC3CCN(C(=O)c4ccco4)CC3)cn2c1. The molecule has 8 nitrogen and oxygen atoms in total. The Kier molecular flexibility index (Phi) is 6.03. The third-order valence-corrected chi connectivity index (χ3v) is 6.01. The number of nitrogens with zero attached hydrogens (tertiary/aromatic N) is 3. The molecule has 0 unspecified atom stereocenters. The number of piperidine rings is 1. The molecule has 8 heteroatoms. The molecule has 5 rings (SSSR count). The van der Waals surface area contributed by atoms with E-state index in [0.717, 1.165) is 16.9 Å². The van der Waals surface area contributed by atoms with E-state index in [0.29, 0.717) is 43.0 Å². The molecule has 1 aliphatic rings. The van der Waals surface area contributed by atoms with Gasteiger partial charge >= 0.3 is 0 Å². The summed E-state index contributed by atoms with van der Waals surface area (Å²) in [7, 11) is 0. The van der Waals surface area contributed by atoms with Crippen molar-refractivity contribution in [1.29, 1.82) is 0 Å². The summed E-state index contributed by atoms with van der Waals surface area (Å²) in [4.78, 5) is 31.8. The van der Waals surface area contributed by atoms with Gasteiger partial charge in [-0.05, 0) is 55.7 Å². The van der Waals surface area contributed by atoms with E-state index in [2.05, 4.69) is 10.3 Å². The number of benzene rings is 1. The summed E-state index contributed by atoms with van der Waals surface area (Å²) in [6.45, 7) is 3.43. The molecule has 1 saturated heterocycles. The van der Waals surface area contributed by atoms with E-state index < -0.39 is 0 Å². The summed E-state index contributed by atoms with van der Waals surface area (Å²) in [6, 6.07) is 14.6. The Morgan fingerprint density at radius 1 is 1.09 bits per heavy atom. The fraction of sp³-hybridized carbons (Fsp3) is 0.269. The molecular weight excluding hydrogens is 432 g/mol. The van der Waals surface area contributed by atoms with Gasteiger partial charge < -0.3 is 23.8 Å². The van der Waals surface area contributed by atoms with Crippen molar-refractivity contribution in [3.8, 4) is 5.75 Å². The minimum atomic E-state index is -0.183. The Labute approximate surface area is 197 Å². The van der Waals surface area contributed by atoms with Gasteiger partial charge in [0.1, 0.15) is 18.0 Å². The van der Waals surface area contributed by atoms with Gasteiger partial charge in [0, 0.05) is 31.5 Å². The van der Waals surface area contributed by atoms with Gasteiger partial charge in [0.05, 0.1) is 17.5 Å². The molecular formula is C26H26N4O4. The standard InChI is InChI=1S/C26H26N4O4/c1-18-8-9-24-27-20(16-30(24)15-18)17-34-22-6-3-2-5-21(22)25(31)28-19-10-12-29(13-11-19)26(32)23-7-4-14-33-23/h2-9,14-16,19H,10-13,17H2,1H3,(H,28,31). The number of nitrogens with one attached hydrogen (secondary N) is 1. The van der Waals surface area contributed by atoms with Crippen LogP contribution in [0.1, 0.15) is 45.0 Å². The monoisotopic (exact) mass is 458 g/mol. The third-order valence-electron chi connectivity index (χ3n) is 6.01. The number of ether oxygens (including phenoxy) is 1. The first-order chi connectivity index (χ1) is 16.6. The lowest BCUT2D eigenvalue weighted by Gasteiger charge is -2.32. The van der Waals surface area contributed by atoms with E-state index in [1.165, 1.54) is 6.26 Å². The highest BCUT2D eigenvalue weighted by Gasteiger charge is 2.26. The minimum absolute atomic E-state index is 0.0112. The lowest BCUT2D eigenvalue weighted by Crippen LogP contribution is -2.46. The van der Waals surface area contributed by atoms with Gasteiger partial charge in [0.25, 0.3) is 11.8 Å². The first-order valence-electron chi connectivity index (χ1n) is 11.4. The van der Waals surface area contributed by atoms with Crippen LogP contribution in [0.3, 0.4) is 0 Å². The average Bonchev–Trinajstić information content (AvgIpc) is 3.53. The Morgan fingerprint density at radius 2 is 1.91 bits per heavy atom. The van der Waals surface area contributed by atoms with Crippen LogP contribution in [0.15, 0.2) is 71.6 Å². The van der Waals surface area contributed by atoms with Crippen LogP contribution in [0.5, 0.6) is 5.75 Å². The molecule has 0 spiro atoms. The zero-order valence-corrected chi connectivity index (χ0v) is 18.9. The molecule has 4 aromatic rings. The Hall–Kier alpha value is -4.07. The van der Waals surface area contributed by atoms with Crippen molar-refractivity contribution >= 4 is 17.5 Å². The second-order valence-electron chi connectivity index (χ2n) is 8.51. The van der Waals surface area contributed by atoms with Gasteiger partial charge in [0.15, 0.2) is 5.76 Å². The second-order valence-corrected chi connectivity index (χ2v) is 8.51. The molecule has 1 fully saturated rings. The van der Waals surface area contributed by atoms with Crippen molar-refractivity contribution in [2.75, 3.05) is 13.1 Å². The molecule has 0 bridgehead atoms. The van der Waals surface area contributed by atoms with Gasteiger partial charge in [-0.3, -0.25) is 9.59 Å². The van der Waals surface area contributed by atoms with E-state index in [9.17, 15) is 9.59 Å². The number of hydrogen-bond donors (Lipinski definition) is 1. The number of amides is 2. The topological polar surface area (TPSA) is 89.1 Å². The van der Waals surface area contributed by atoms with Crippen molar-refractivity contribution in [2.45, 2.75) is 32.4 Å². The largest absolute Gasteiger partial charge is 0.486 e.